The molecule has 92 valence electrons. The summed E-state index contributed by atoms with van der Waals surface area (Å²) in [6.07, 6.45) is 2.19. The molecule has 0 atom stereocenters. The molecule has 0 radical (unpaired) electrons. The van der Waals surface area contributed by atoms with Crippen molar-refractivity contribution in [2.75, 3.05) is 0 Å². The molecule has 0 bridgehead atoms. The smallest absolute Gasteiger partial charge is 0.0484 e. The average Bonchev–Trinajstić information content (AvgIpc) is 2.64. The lowest BCUT2D eigenvalue weighted by Crippen LogP contribution is -2.21. The normalized spacial score (nSPS) is 11.6. The quantitative estimate of drug-likeness (QED) is 0.846. The van der Waals surface area contributed by atoms with E-state index < -0.39 is 0 Å². The van der Waals surface area contributed by atoms with Crippen molar-refractivity contribution < 1.29 is 0 Å². The second-order valence-corrected chi connectivity index (χ2v) is 4.82. The molecule has 0 saturated heterocycles. The van der Waals surface area contributed by atoms with Crippen LogP contribution in [-0.4, -0.2) is 10.6 Å². The maximum absolute atomic E-state index is 5.82. The monoisotopic (exact) mass is 231 g/mol. The van der Waals surface area contributed by atoms with E-state index in [-0.39, 0.29) is 0 Å². The summed E-state index contributed by atoms with van der Waals surface area (Å²) < 4.78 is 2.17. The molecule has 17 heavy (non-hydrogen) atoms. The van der Waals surface area contributed by atoms with Crippen LogP contribution in [-0.2, 0) is 20.1 Å². The third-order valence-electron chi connectivity index (χ3n) is 3.10. The highest BCUT2D eigenvalue weighted by atomic mass is 14.9. The Balaban J connectivity index is 2.48. The van der Waals surface area contributed by atoms with Crippen LogP contribution in [0.4, 0.5) is 0 Å². The van der Waals surface area contributed by atoms with E-state index in [1.54, 1.807) is 0 Å². The Labute approximate surface area is 103 Å². The summed E-state index contributed by atoms with van der Waals surface area (Å²) in [7, 11) is 2.08. The first-order valence-electron chi connectivity index (χ1n) is 6.12. The van der Waals surface area contributed by atoms with Crippen molar-refractivity contribution in [2.45, 2.75) is 33.0 Å². The van der Waals surface area contributed by atoms with Gasteiger partial charge in [-0.3, -0.25) is 0 Å². The Kier molecular flexibility index (Phi) is 3.50. The van der Waals surface area contributed by atoms with Gasteiger partial charge in [-0.15, -0.1) is 0 Å². The topological polar surface area (TPSA) is 43.0 Å². The van der Waals surface area contributed by atoms with Gasteiger partial charge in [0.15, 0.2) is 0 Å². The van der Waals surface area contributed by atoms with E-state index in [4.69, 9.17) is 5.73 Å². The van der Waals surface area contributed by atoms with E-state index in [1.165, 1.54) is 22.0 Å². The molecule has 0 spiro atoms. The number of nitrogens with one attached hydrogen (secondary N) is 1. The van der Waals surface area contributed by atoms with Crippen molar-refractivity contribution >= 4 is 10.9 Å². The summed E-state index contributed by atoms with van der Waals surface area (Å²) >= 11 is 0. The van der Waals surface area contributed by atoms with Gasteiger partial charge < -0.3 is 15.6 Å². The van der Waals surface area contributed by atoms with Crippen LogP contribution in [0.2, 0.25) is 0 Å². The number of hydrogen-bond acceptors (Lipinski definition) is 2. The molecule has 2 rings (SSSR count). The van der Waals surface area contributed by atoms with Gasteiger partial charge >= 0.3 is 0 Å². The van der Waals surface area contributed by atoms with Gasteiger partial charge in [-0.25, -0.2) is 0 Å². The minimum absolute atomic E-state index is 0.496. The van der Waals surface area contributed by atoms with Gasteiger partial charge in [-0.1, -0.05) is 26.0 Å². The minimum atomic E-state index is 0.496. The van der Waals surface area contributed by atoms with Gasteiger partial charge in [0, 0.05) is 43.3 Å². The molecular weight excluding hydrogens is 210 g/mol. The fourth-order valence-corrected chi connectivity index (χ4v) is 2.24. The van der Waals surface area contributed by atoms with Crippen molar-refractivity contribution in [3.8, 4) is 0 Å². The molecule has 1 heterocycles. The first-order valence-corrected chi connectivity index (χ1v) is 6.12. The van der Waals surface area contributed by atoms with Crippen LogP contribution >= 0.6 is 0 Å². The van der Waals surface area contributed by atoms with Gasteiger partial charge in [0.05, 0.1) is 0 Å². The predicted molar refractivity (Wildman–Crippen MR) is 72.8 cm³/mol. The fraction of sp³-hybridized carbons (Fsp3) is 0.429. The lowest BCUT2D eigenvalue weighted by atomic mass is 10.1. The van der Waals surface area contributed by atoms with E-state index >= 15 is 0 Å². The van der Waals surface area contributed by atoms with Gasteiger partial charge in [0.1, 0.15) is 0 Å². The number of nitrogens with zero attached hydrogens (tertiary/aromatic N) is 1. The second-order valence-electron chi connectivity index (χ2n) is 4.82. The van der Waals surface area contributed by atoms with Gasteiger partial charge in [0.25, 0.3) is 0 Å². The Bertz CT molecular complexity index is 511. The maximum atomic E-state index is 5.82. The average molecular weight is 231 g/mol. The van der Waals surface area contributed by atoms with E-state index in [9.17, 15) is 0 Å². The molecule has 0 saturated carbocycles. The Morgan fingerprint density at radius 3 is 2.71 bits per heavy atom. The molecule has 1 aromatic carbocycles. The van der Waals surface area contributed by atoms with Crippen LogP contribution in [0.1, 0.15) is 25.0 Å². The molecule has 0 aliphatic carbocycles. The fourth-order valence-electron chi connectivity index (χ4n) is 2.24. The number of hydrogen-bond donors (Lipinski definition) is 2. The zero-order valence-electron chi connectivity index (χ0n) is 10.8. The van der Waals surface area contributed by atoms with Gasteiger partial charge in [-0.2, -0.15) is 0 Å². The van der Waals surface area contributed by atoms with Crippen LogP contribution in [0.3, 0.4) is 0 Å². The van der Waals surface area contributed by atoms with Crippen molar-refractivity contribution in [1.82, 2.24) is 9.88 Å². The summed E-state index contributed by atoms with van der Waals surface area (Å²) in [5, 5.41) is 4.78. The van der Waals surface area contributed by atoms with Crippen molar-refractivity contribution in [3.05, 3.63) is 35.5 Å². The summed E-state index contributed by atoms with van der Waals surface area (Å²) in [6, 6.07) is 6.83. The molecule has 0 amide bonds. The first kappa shape index (κ1) is 12.1. The number of fused-ring (bicyclic) bond motifs is 1. The number of aromatic nitrogens is 1. The molecule has 1 aromatic heterocycles. The number of benzene rings is 1. The predicted octanol–water partition coefficient (Wildman–Crippen LogP) is 2.14. The van der Waals surface area contributed by atoms with E-state index in [0.29, 0.717) is 12.6 Å². The lowest BCUT2D eigenvalue weighted by molar-refractivity contribution is 0.590. The number of rotatable bonds is 4. The van der Waals surface area contributed by atoms with Crippen LogP contribution in [0.25, 0.3) is 10.9 Å². The lowest BCUT2D eigenvalue weighted by Gasteiger charge is -2.08. The van der Waals surface area contributed by atoms with Crippen LogP contribution in [0.15, 0.2) is 24.4 Å². The third kappa shape index (κ3) is 2.35. The molecule has 0 fully saturated rings. The van der Waals surface area contributed by atoms with Gasteiger partial charge in [-0.05, 0) is 17.2 Å². The summed E-state index contributed by atoms with van der Waals surface area (Å²) in [5.41, 5.74) is 9.63. The van der Waals surface area contributed by atoms with E-state index in [2.05, 4.69) is 55.2 Å². The highest BCUT2D eigenvalue weighted by molar-refractivity contribution is 5.87. The molecule has 0 unspecified atom stereocenters. The van der Waals surface area contributed by atoms with Crippen LogP contribution < -0.4 is 11.1 Å². The van der Waals surface area contributed by atoms with Crippen molar-refractivity contribution in [3.63, 3.8) is 0 Å². The minimum Gasteiger partial charge on any atom is -0.350 e. The molecule has 0 aliphatic rings. The van der Waals surface area contributed by atoms with Crippen molar-refractivity contribution in [2.24, 2.45) is 12.8 Å². The molecule has 3 heteroatoms. The van der Waals surface area contributed by atoms with Crippen molar-refractivity contribution in [1.29, 1.82) is 0 Å². The molecule has 3 nitrogen and oxygen atoms in total. The Hall–Kier alpha value is -1.32. The standard InChI is InChI=1S/C14H21N3/c1-10(2)16-8-12-9-17(3)13-6-4-5-11(7-15)14(12)13/h4-6,9-10,16H,7-8,15H2,1-3H3. The second kappa shape index (κ2) is 4.90. The largest absolute Gasteiger partial charge is 0.350 e. The Morgan fingerprint density at radius 1 is 1.29 bits per heavy atom. The zero-order chi connectivity index (χ0) is 12.4. The highest BCUT2D eigenvalue weighted by Gasteiger charge is 2.09. The molecule has 2 aromatic rings. The van der Waals surface area contributed by atoms with Crippen LogP contribution in [0, 0.1) is 0 Å². The summed E-state index contributed by atoms with van der Waals surface area (Å²) in [4.78, 5) is 0. The van der Waals surface area contributed by atoms with E-state index in [0.717, 1.165) is 6.54 Å². The number of aryl methyl sites for hydroxylation is 1. The SMILES string of the molecule is CC(C)NCc1cn(C)c2cccc(CN)c12. The van der Waals surface area contributed by atoms with Gasteiger partial charge in [0.2, 0.25) is 0 Å². The highest BCUT2D eigenvalue weighted by Crippen LogP contribution is 2.24. The summed E-state index contributed by atoms with van der Waals surface area (Å²) in [5.74, 6) is 0. The maximum Gasteiger partial charge on any atom is 0.0484 e. The zero-order valence-corrected chi connectivity index (χ0v) is 10.8. The molecule has 3 N–H and O–H groups in total. The Morgan fingerprint density at radius 2 is 2.06 bits per heavy atom. The molecular formula is C14H21N3. The van der Waals surface area contributed by atoms with E-state index in [1.807, 2.05) is 0 Å². The first-order chi connectivity index (χ1) is 8.13. The molecule has 0 aliphatic heterocycles. The summed E-state index contributed by atoms with van der Waals surface area (Å²) in [6.45, 7) is 5.81. The third-order valence-corrected chi connectivity index (χ3v) is 3.10. The van der Waals surface area contributed by atoms with Crippen LogP contribution in [0.5, 0.6) is 0 Å². The number of nitrogens with two attached hydrogens (primary N) is 1.